The average molecular weight is 347 g/mol. The van der Waals surface area contributed by atoms with Crippen molar-refractivity contribution in [3.05, 3.63) is 22.2 Å². The van der Waals surface area contributed by atoms with Gasteiger partial charge in [0.05, 0.1) is 10.0 Å². The molecule has 1 N–H and O–H groups in total. The number of ether oxygens (including phenoxy) is 1. The first kappa shape index (κ1) is 17.3. The van der Waals surface area contributed by atoms with Crippen molar-refractivity contribution in [3.63, 3.8) is 0 Å². The molecule has 1 rings (SSSR count). The van der Waals surface area contributed by atoms with E-state index in [2.05, 4.69) is 10.1 Å². The van der Waals surface area contributed by atoms with Gasteiger partial charge >= 0.3 is 6.61 Å². The Hall–Kier alpha value is -0.780. The minimum atomic E-state index is -3.03. The van der Waals surface area contributed by atoms with Crippen LogP contribution in [0.5, 0.6) is 5.75 Å². The minimum absolute atomic E-state index is 0.103. The van der Waals surface area contributed by atoms with Crippen LogP contribution in [0, 0.1) is 0 Å². The smallest absolute Gasteiger partial charge is 0.387 e. The van der Waals surface area contributed by atoms with Crippen molar-refractivity contribution in [1.29, 1.82) is 0 Å². The number of carbonyl (C=O) groups excluding carboxylic acids is 1. The molecule has 8 heteroatoms. The SMILES string of the molecule is O=C(CCCCCl)Nc1cc(Cl)c(OC(F)F)c(Cl)c1. The van der Waals surface area contributed by atoms with E-state index in [0.717, 1.165) is 6.42 Å². The van der Waals surface area contributed by atoms with Crippen molar-refractivity contribution in [2.75, 3.05) is 11.2 Å². The monoisotopic (exact) mass is 345 g/mol. The van der Waals surface area contributed by atoms with Crippen molar-refractivity contribution in [2.24, 2.45) is 0 Å². The van der Waals surface area contributed by atoms with E-state index in [9.17, 15) is 13.6 Å². The Bertz CT molecular complexity index is 449. The van der Waals surface area contributed by atoms with E-state index < -0.39 is 6.61 Å². The lowest BCUT2D eigenvalue weighted by atomic mass is 10.2. The highest BCUT2D eigenvalue weighted by Gasteiger charge is 2.15. The lowest BCUT2D eigenvalue weighted by molar-refractivity contribution is -0.116. The number of hydrogen-bond donors (Lipinski definition) is 1. The molecule has 0 bridgehead atoms. The molecule has 3 nitrogen and oxygen atoms in total. The molecule has 0 aliphatic rings. The summed E-state index contributed by atoms with van der Waals surface area (Å²) in [4.78, 5) is 11.6. The number of amides is 1. The molecule has 1 aromatic carbocycles. The van der Waals surface area contributed by atoms with Crippen molar-refractivity contribution >= 4 is 46.4 Å². The van der Waals surface area contributed by atoms with Gasteiger partial charge in [-0.2, -0.15) is 8.78 Å². The second-order valence-corrected chi connectivity index (χ2v) is 5.03. The molecule has 1 aromatic rings. The second-order valence-electron chi connectivity index (χ2n) is 3.84. The molecular formula is C12H12Cl3F2NO2. The van der Waals surface area contributed by atoms with Crippen LogP contribution in [0.25, 0.3) is 0 Å². The van der Waals surface area contributed by atoms with Crippen LogP contribution < -0.4 is 10.1 Å². The summed E-state index contributed by atoms with van der Waals surface area (Å²) in [5.74, 6) is -0.0572. The van der Waals surface area contributed by atoms with Gasteiger partial charge < -0.3 is 10.1 Å². The molecule has 0 heterocycles. The Morgan fingerprint density at radius 3 is 2.35 bits per heavy atom. The van der Waals surface area contributed by atoms with Gasteiger partial charge in [-0.3, -0.25) is 4.79 Å². The Kier molecular flexibility index (Phi) is 7.34. The third-order valence-electron chi connectivity index (χ3n) is 2.28. The van der Waals surface area contributed by atoms with Gasteiger partial charge in [-0.05, 0) is 25.0 Å². The summed E-state index contributed by atoms with van der Waals surface area (Å²) in [6, 6.07) is 2.59. The van der Waals surface area contributed by atoms with Gasteiger partial charge in [-0.25, -0.2) is 0 Å². The van der Waals surface area contributed by atoms with Crippen molar-refractivity contribution in [2.45, 2.75) is 25.9 Å². The first-order valence-corrected chi connectivity index (χ1v) is 7.02. The van der Waals surface area contributed by atoms with Gasteiger partial charge in [0, 0.05) is 18.0 Å². The molecule has 1 amide bonds. The molecule has 0 saturated carbocycles. The standard InChI is InChI=1S/C12H12Cl3F2NO2/c13-4-2-1-3-10(19)18-7-5-8(14)11(9(15)6-7)20-12(16)17/h5-6,12H,1-4H2,(H,18,19). The normalized spacial score (nSPS) is 10.7. The molecule has 20 heavy (non-hydrogen) atoms. The molecule has 0 aliphatic carbocycles. The molecule has 0 saturated heterocycles. The lowest BCUT2D eigenvalue weighted by Crippen LogP contribution is -2.11. The zero-order valence-corrected chi connectivity index (χ0v) is 12.5. The summed E-state index contributed by atoms with van der Waals surface area (Å²) in [7, 11) is 0. The highest BCUT2D eigenvalue weighted by atomic mass is 35.5. The molecule has 0 unspecified atom stereocenters. The van der Waals surface area contributed by atoms with Crippen molar-refractivity contribution in [1.82, 2.24) is 0 Å². The van der Waals surface area contributed by atoms with E-state index in [4.69, 9.17) is 34.8 Å². The zero-order chi connectivity index (χ0) is 15.1. The van der Waals surface area contributed by atoms with Gasteiger partial charge in [-0.1, -0.05) is 23.2 Å². The third kappa shape index (κ3) is 5.69. The highest BCUT2D eigenvalue weighted by Crippen LogP contribution is 2.37. The Labute approximate surface area is 130 Å². The summed E-state index contributed by atoms with van der Waals surface area (Å²) in [6.07, 6.45) is 1.69. The van der Waals surface area contributed by atoms with Crippen LogP contribution in [0.1, 0.15) is 19.3 Å². The number of anilines is 1. The van der Waals surface area contributed by atoms with Crippen LogP contribution in [-0.2, 0) is 4.79 Å². The minimum Gasteiger partial charge on any atom is -0.432 e. The predicted octanol–water partition coefficient (Wildman–Crippen LogP) is 4.94. The highest BCUT2D eigenvalue weighted by molar-refractivity contribution is 6.37. The molecule has 0 aromatic heterocycles. The number of hydrogen-bond acceptors (Lipinski definition) is 2. The van der Waals surface area contributed by atoms with Crippen LogP contribution in [0.2, 0.25) is 10.0 Å². The Morgan fingerprint density at radius 2 is 1.85 bits per heavy atom. The summed E-state index contributed by atoms with van der Waals surface area (Å²) in [5.41, 5.74) is 0.317. The number of rotatable bonds is 7. The third-order valence-corrected chi connectivity index (χ3v) is 3.11. The van der Waals surface area contributed by atoms with E-state index >= 15 is 0 Å². The number of nitrogens with one attached hydrogen (secondary N) is 1. The fraction of sp³-hybridized carbons (Fsp3) is 0.417. The van der Waals surface area contributed by atoms with E-state index in [1.165, 1.54) is 12.1 Å². The van der Waals surface area contributed by atoms with Gasteiger partial charge in [0.1, 0.15) is 0 Å². The molecule has 112 valence electrons. The van der Waals surface area contributed by atoms with Crippen molar-refractivity contribution < 1.29 is 18.3 Å². The molecule has 0 spiro atoms. The molecule has 0 radical (unpaired) electrons. The summed E-state index contributed by atoms with van der Waals surface area (Å²) in [6.45, 7) is -3.03. The number of benzene rings is 1. The lowest BCUT2D eigenvalue weighted by Gasteiger charge is -2.11. The number of unbranched alkanes of at least 4 members (excludes halogenated alkanes) is 1. The summed E-state index contributed by atoms with van der Waals surface area (Å²) in [5, 5.41) is 2.36. The maximum Gasteiger partial charge on any atom is 0.387 e. The van der Waals surface area contributed by atoms with Gasteiger partial charge in [0.2, 0.25) is 5.91 Å². The fourth-order valence-electron chi connectivity index (χ4n) is 1.44. The predicted molar refractivity (Wildman–Crippen MR) is 76.3 cm³/mol. The molecule has 0 fully saturated rings. The summed E-state index contributed by atoms with van der Waals surface area (Å²) < 4.78 is 28.5. The first-order chi connectivity index (χ1) is 9.43. The van der Waals surface area contributed by atoms with Crippen LogP contribution in [0.4, 0.5) is 14.5 Å². The van der Waals surface area contributed by atoms with E-state index in [1.54, 1.807) is 0 Å². The number of carbonyl (C=O) groups is 1. The Balaban J connectivity index is 2.71. The molecular weight excluding hydrogens is 334 g/mol. The zero-order valence-electron chi connectivity index (χ0n) is 10.3. The maximum absolute atomic E-state index is 12.1. The topological polar surface area (TPSA) is 38.3 Å². The van der Waals surface area contributed by atoms with Gasteiger partial charge in [-0.15, -0.1) is 11.6 Å². The van der Waals surface area contributed by atoms with Crippen molar-refractivity contribution in [3.8, 4) is 5.75 Å². The average Bonchev–Trinajstić information content (AvgIpc) is 2.34. The van der Waals surface area contributed by atoms with Crippen LogP contribution in [-0.4, -0.2) is 18.4 Å². The number of alkyl halides is 3. The molecule has 0 atom stereocenters. The van der Waals surface area contributed by atoms with Crippen LogP contribution in [0.15, 0.2) is 12.1 Å². The molecule has 0 aliphatic heterocycles. The quantitative estimate of drug-likeness (QED) is 0.561. The first-order valence-electron chi connectivity index (χ1n) is 5.73. The van der Waals surface area contributed by atoms with E-state index in [-0.39, 0.29) is 21.7 Å². The fourth-order valence-corrected chi connectivity index (χ4v) is 2.20. The van der Waals surface area contributed by atoms with Crippen LogP contribution in [0.3, 0.4) is 0 Å². The largest absolute Gasteiger partial charge is 0.432 e. The second kappa shape index (κ2) is 8.49. The van der Waals surface area contributed by atoms with Gasteiger partial charge in [0.25, 0.3) is 0 Å². The van der Waals surface area contributed by atoms with E-state index in [1.807, 2.05) is 0 Å². The Morgan fingerprint density at radius 1 is 1.25 bits per heavy atom. The van der Waals surface area contributed by atoms with Gasteiger partial charge in [0.15, 0.2) is 5.75 Å². The maximum atomic E-state index is 12.1. The summed E-state index contributed by atoms with van der Waals surface area (Å²) >= 11 is 17.1. The van der Waals surface area contributed by atoms with Crippen LogP contribution >= 0.6 is 34.8 Å². The van der Waals surface area contributed by atoms with E-state index in [0.29, 0.717) is 24.4 Å². The number of halogens is 5.